The number of nitrogens with zero attached hydrogens (tertiary/aromatic N) is 3. The van der Waals surface area contributed by atoms with Gasteiger partial charge in [-0.25, -0.2) is 0 Å². The Morgan fingerprint density at radius 2 is 2.05 bits per heavy atom. The maximum absolute atomic E-state index is 10.2. The molecule has 1 N–H and O–H groups in total. The van der Waals surface area contributed by atoms with Crippen LogP contribution in [0.4, 0.5) is 0 Å². The number of aliphatic hydroxyl groups is 1. The highest BCUT2D eigenvalue weighted by Crippen LogP contribution is 2.24. The Hall–Kier alpha value is -0.430. The predicted octanol–water partition coefficient (Wildman–Crippen LogP) is 1.46. The van der Waals surface area contributed by atoms with Gasteiger partial charge < -0.3 is 9.84 Å². The van der Waals surface area contributed by atoms with E-state index >= 15 is 0 Å². The second-order valence-corrected chi connectivity index (χ2v) is 6.14. The fourth-order valence-corrected chi connectivity index (χ4v) is 3.18. The molecule has 0 saturated carbocycles. The number of morpholine rings is 1. The molecule has 1 atom stereocenters. The van der Waals surface area contributed by atoms with Gasteiger partial charge in [0.1, 0.15) is 0 Å². The first-order valence-corrected chi connectivity index (χ1v) is 7.56. The number of β-amino-alcohol motifs (C(OH)–C–C–N with tert-alkyl or cyclic N) is 1. The second-order valence-electron chi connectivity index (χ2n) is 5.28. The molecule has 1 saturated heterocycles. The van der Waals surface area contributed by atoms with Crippen LogP contribution in [0.5, 0.6) is 0 Å². The van der Waals surface area contributed by atoms with Crippen LogP contribution in [0.25, 0.3) is 0 Å². The number of hydrogen-bond acceptors (Lipinski definition) is 4. The highest BCUT2D eigenvalue weighted by Gasteiger charge is 2.18. The minimum Gasteiger partial charge on any atom is -0.390 e. The van der Waals surface area contributed by atoms with E-state index in [2.05, 4.69) is 39.8 Å². The third kappa shape index (κ3) is 4.02. The normalized spacial score (nSPS) is 19.0. The monoisotopic (exact) mass is 331 g/mol. The van der Waals surface area contributed by atoms with Gasteiger partial charge in [-0.3, -0.25) is 9.58 Å². The summed E-state index contributed by atoms with van der Waals surface area (Å²) in [5.74, 6) is 0.382. The largest absolute Gasteiger partial charge is 0.390 e. The summed E-state index contributed by atoms with van der Waals surface area (Å²) in [6, 6.07) is 0. The number of ether oxygens (including phenoxy) is 1. The Labute approximate surface area is 122 Å². The van der Waals surface area contributed by atoms with E-state index in [1.54, 1.807) is 6.20 Å². The Balaban J connectivity index is 1.92. The molecule has 0 aromatic carbocycles. The zero-order valence-electron chi connectivity index (χ0n) is 11.5. The highest BCUT2D eigenvalue weighted by atomic mass is 79.9. The van der Waals surface area contributed by atoms with Gasteiger partial charge in [-0.1, -0.05) is 13.8 Å². The molecule has 1 aromatic heterocycles. The summed E-state index contributed by atoms with van der Waals surface area (Å²) in [7, 11) is 0. The van der Waals surface area contributed by atoms with Crippen LogP contribution in [-0.2, 0) is 11.3 Å². The van der Waals surface area contributed by atoms with Crippen molar-refractivity contribution in [3.8, 4) is 0 Å². The molecule has 6 heteroatoms. The summed E-state index contributed by atoms with van der Waals surface area (Å²) in [6.07, 6.45) is 1.40. The molecular weight excluding hydrogens is 310 g/mol. The van der Waals surface area contributed by atoms with Gasteiger partial charge in [0, 0.05) is 19.6 Å². The molecule has 1 fully saturated rings. The number of halogens is 1. The SMILES string of the molecule is CC(C)c1c(Br)cnn1CC(O)CN1CCOCC1. The first kappa shape index (κ1) is 15.0. The number of aliphatic hydroxyl groups excluding tert-OH is 1. The minimum atomic E-state index is -0.401. The number of rotatable bonds is 5. The maximum Gasteiger partial charge on any atom is 0.0862 e. The Kier molecular flexibility index (Phi) is 5.38. The van der Waals surface area contributed by atoms with Gasteiger partial charge in [0.2, 0.25) is 0 Å². The fraction of sp³-hybridized carbons (Fsp3) is 0.769. The predicted molar refractivity (Wildman–Crippen MR) is 77.3 cm³/mol. The topological polar surface area (TPSA) is 50.5 Å². The minimum absolute atomic E-state index is 0.382. The molecular formula is C13H22BrN3O2. The van der Waals surface area contributed by atoms with Gasteiger partial charge in [0.25, 0.3) is 0 Å². The van der Waals surface area contributed by atoms with Gasteiger partial charge in [-0.15, -0.1) is 0 Å². The lowest BCUT2D eigenvalue weighted by atomic mass is 10.1. The third-order valence-electron chi connectivity index (χ3n) is 3.34. The van der Waals surface area contributed by atoms with Crippen molar-refractivity contribution in [1.82, 2.24) is 14.7 Å². The van der Waals surface area contributed by atoms with E-state index in [0.717, 1.165) is 36.5 Å². The van der Waals surface area contributed by atoms with E-state index in [1.165, 1.54) is 0 Å². The van der Waals surface area contributed by atoms with Crippen molar-refractivity contribution in [2.75, 3.05) is 32.8 Å². The van der Waals surface area contributed by atoms with Crippen molar-refractivity contribution in [1.29, 1.82) is 0 Å². The number of hydrogen-bond donors (Lipinski definition) is 1. The molecule has 2 heterocycles. The summed E-state index contributed by atoms with van der Waals surface area (Å²) >= 11 is 3.51. The van der Waals surface area contributed by atoms with E-state index in [1.807, 2.05) is 4.68 Å². The van der Waals surface area contributed by atoms with Gasteiger partial charge in [0.05, 0.1) is 42.2 Å². The zero-order chi connectivity index (χ0) is 13.8. The van der Waals surface area contributed by atoms with Crippen LogP contribution in [0.1, 0.15) is 25.5 Å². The summed E-state index contributed by atoms with van der Waals surface area (Å²) < 4.78 is 8.22. The molecule has 1 aliphatic rings. The van der Waals surface area contributed by atoms with Crippen LogP contribution >= 0.6 is 15.9 Å². The average molecular weight is 332 g/mol. The van der Waals surface area contributed by atoms with Crippen molar-refractivity contribution < 1.29 is 9.84 Å². The molecule has 0 amide bonds. The molecule has 5 nitrogen and oxygen atoms in total. The summed E-state index contributed by atoms with van der Waals surface area (Å²) in [4.78, 5) is 2.24. The van der Waals surface area contributed by atoms with Gasteiger partial charge in [-0.05, 0) is 21.8 Å². The lowest BCUT2D eigenvalue weighted by Gasteiger charge is -2.28. The smallest absolute Gasteiger partial charge is 0.0862 e. The molecule has 19 heavy (non-hydrogen) atoms. The molecule has 1 aromatic rings. The van der Waals surface area contributed by atoms with E-state index in [-0.39, 0.29) is 0 Å². The Morgan fingerprint density at radius 1 is 1.37 bits per heavy atom. The fourth-order valence-electron chi connectivity index (χ4n) is 2.43. The highest BCUT2D eigenvalue weighted by molar-refractivity contribution is 9.10. The second kappa shape index (κ2) is 6.83. The lowest BCUT2D eigenvalue weighted by Crippen LogP contribution is -2.42. The van der Waals surface area contributed by atoms with E-state index < -0.39 is 6.10 Å². The molecule has 108 valence electrons. The van der Waals surface area contributed by atoms with Crippen molar-refractivity contribution in [2.24, 2.45) is 0 Å². The van der Waals surface area contributed by atoms with Gasteiger partial charge >= 0.3 is 0 Å². The molecule has 0 bridgehead atoms. The van der Waals surface area contributed by atoms with Crippen LogP contribution in [0.3, 0.4) is 0 Å². The van der Waals surface area contributed by atoms with Gasteiger partial charge in [0.15, 0.2) is 0 Å². The molecule has 0 spiro atoms. The lowest BCUT2D eigenvalue weighted by molar-refractivity contribution is 0.0106. The first-order valence-electron chi connectivity index (χ1n) is 6.77. The van der Waals surface area contributed by atoms with E-state index in [0.29, 0.717) is 19.0 Å². The quantitative estimate of drug-likeness (QED) is 0.887. The first-order chi connectivity index (χ1) is 9.08. The van der Waals surface area contributed by atoms with Crippen molar-refractivity contribution in [2.45, 2.75) is 32.4 Å². The maximum atomic E-state index is 10.2. The van der Waals surface area contributed by atoms with E-state index in [4.69, 9.17) is 4.74 Å². The standard InChI is InChI=1S/C13H22BrN3O2/c1-10(2)13-12(14)7-15-17(13)9-11(18)8-16-3-5-19-6-4-16/h7,10-11,18H,3-6,8-9H2,1-2H3. The summed E-state index contributed by atoms with van der Waals surface area (Å²) in [6.45, 7) is 8.80. The zero-order valence-corrected chi connectivity index (χ0v) is 13.1. The van der Waals surface area contributed by atoms with Crippen LogP contribution < -0.4 is 0 Å². The third-order valence-corrected chi connectivity index (χ3v) is 3.95. The molecule has 1 aliphatic heterocycles. The molecule has 0 radical (unpaired) electrons. The van der Waals surface area contributed by atoms with Crippen LogP contribution in [0.2, 0.25) is 0 Å². The van der Waals surface area contributed by atoms with Crippen LogP contribution in [0.15, 0.2) is 10.7 Å². The number of aromatic nitrogens is 2. The summed E-state index contributed by atoms with van der Waals surface area (Å²) in [5.41, 5.74) is 1.14. The molecule has 0 aliphatic carbocycles. The van der Waals surface area contributed by atoms with Crippen molar-refractivity contribution >= 4 is 15.9 Å². The van der Waals surface area contributed by atoms with Crippen LogP contribution in [0, 0.1) is 0 Å². The summed E-state index contributed by atoms with van der Waals surface area (Å²) in [5, 5.41) is 14.5. The average Bonchev–Trinajstić information content (AvgIpc) is 2.71. The van der Waals surface area contributed by atoms with Crippen LogP contribution in [-0.4, -0.2) is 58.7 Å². The van der Waals surface area contributed by atoms with Gasteiger partial charge in [-0.2, -0.15) is 5.10 Å². The van der Waals surface area contributed by atoms with E-state index in [9.17, 15) is 5.11 Å². The molecule has 2 rings (SSSR count). The Morgan fingerprint density at radius 3 is 2.68 bits per heavy atom. The van der Waals surface area contributed by atoms with Crippen molar-refractivity contribution in [3.05, 3.63) is 16.4 Å². The molecule has 1 unspecified atom stereocenters. The van der Waals surface area contributed by atoms with Crippen molar-refractivity contribution in [3.63, 3.8) is 0 Å². The Bertz CT molecular complexity index is 403.